The molecule has 1 heterocycles. The molecule has 3 nitrogen and oxygen atoms in total. The number of likely N-dealkylation sites (N-methyl/N-ethyl adjacent to an activating group) is 1. The fourth-order valence-corrected chi connectivity index (χ4v) is 1.31. The highest BCUT2D eigenvalue weighted by Crippen LogP contribution is 2.03. The van der Waals surface area contributed by atoms with Gasteiger partial charge in [0, 0.05) is 25.7 Å². The second kappa shape index (κ2) is 3.01. The Labute approximate surface area is 61.6 Å². The molecule has 0 bridgehead atoms. The van der Waals surface area contributed by atoms with E-state index in [0.29, 0.717) is 6.04 Å². The van der Waals surface area contributed by atoms with Gasteiger partial charge in [0.25, 0.3) is 0 Å². The van der Waals surface area contributed by atoms with Gasteiger partial charge in [0.1, 0.15) is 0 Å². The summed E-state index contributed by atoms with van der Waals surface area (Å²) in [5.74, 6) is 0. The highest BCUT2D eigenvalue weighted by atomic mass is 16.1. The molecule has 1 atom stereocenters. The summed E-state index contributed by atoms with van der Waals surface area (Å²) in [7, 11) is 2.08. The Morgan fingerprint density at radius 1 is 1.50 bits per heavy atom. The Hall–Kier alpha value is -0.570. The van der Waals surface area contributed by atoms with Crippen LogP contribution in [0.5, 0.6) is 0 Å². The fourth-order valence-electron chi connectivity index (χ4n) is 1.31. The summed E-state index contributed by atoms with van der Waals surface area (Å²) < 4.78 is 0. The third-order valence-electron chi connectivity index (χ3n) is 2.02. The van der Waals surface area contributed by atoms with E-state index in [9.17, 15) is 4.79 Å². The summed E-state index contributed by atoms with van der Waals surface area (Å²) >= 11 is 0. The monoisotopic (exact) mass is 142 g/mol. The van der Waals surface area contributed by atoms with Gasteiger partial charge in [0.15, 0.2) is 0 Å². The molecule has 1 saturated heterocycles. The van der Waals surface area contributed by atoms with Crippen LogP contribution in [0.25, 0.3) is 0 Å². The molecule has 10 heavy (non-hydrogen) atoms. The smallest absolute Gasteiger partial charge is 0.210 e. The van der Waals surface area contributed by atoms with E-state index in [2.05, 4.69) is 18.9 Å². The van der Waals surface area contributed by atoms with Crippen LogP contribution in [0, 0.1) is 0 Å². The third-order valence-corrected chi connectivity index (χ3v) is 2.02. The molecule has 1 amide bonds. The zero-order valence-electron chi connectivity index (χ0n) is 6.58. The van der Waals surface area contributed by atoms with Crippen molar-refractivity contribution in [1.29, 1.82) is 0 Å². The Morgan fingerprint density at radius 2 is 2.20 bits per heavy atom. The molecule has 1 fully saturated rings. The van der Waals surface area contributed by atoms with Crippen LogP contribution < -0.4 is 0 Å². The molecule has 1 rings (SSSR count). The Kier molecular flexibility index (Phi) is 2.27. The molecular weight excluding hydrogens is 128 g/mol. The van der Waals surface area contributed by atoms with E-state index in [4.69, 9.17) is 0 Å². The van der Waals surface area contributed by atoms with Gasteiger partial charge in [0.05, 0.1) is 0 Å². The molecule has 0 aromatic heterocycles. The summed E-state index contributed by atoms with van der Waals surface area (Å²) in [6, 6.07) is 0.385. The van der Waals surface area contributed by atoms with Crippen LogP contribution in [0.1, 0.15) is 6.92 Å². The van der Waals surface area contributed by atoms with Gasteiger partial charge in [-0.1, -0.05) is 0 Å². The van der Waals surface area contributed by atoms with Crippen LogP contribution in [0.3, 0.4) is 0 Å². The Bertz CT molecular complexity index is 127. The van der Waals surface area contributed by atoms with Gasteiger partial charge < -0.3 is 9.80 Å². The largest absolute Gasteiger partial charge is 0.340 e. The second-order valence-electron chi connectivity index (χ2n) is 2.95. The van der Waals surface area contributed by atoms with Crippen LogP contribution in [0.2, 0.25) is 0 Å². The van der Waals surface area contributed by atoms with Crippen molar-refractivity contribution >= 4 is 6.41 Å². The highest BCUT2D eigenvalue weighted by molar-refractivity contribution is 5.47. The maximum Gasteiger partial charge on any atom is 0.210 e. The average molecular weight is 142 g/mol. The Morgan fingerprint density at radius 3 is 2.70 bits per heavy atom. The number of carbonyl (C=O) groups is 1. The normalized spacial score (nSPS) is 28.6. The van der Waals surface area contributed by atoms with E-state index in [1.165, 1.54) is 0 Å². The van der Waals surface area contributed by atoms with E-state index in [0.717, 1.165) is 26.0 Å². The van der Waals surface area contributed by atoms with Gasteiger partial charge in [-0.05, 0) is 14.0 Å². The van der Waals surface area contributed by atoms with E-state index < -0.39 is 0 Å². The molecule has 0 aromatic carbocycles. The lowest BCUT2D eigenvalue weighted by atomic mass is 10.2. The fraction of sp³-hybridized carbons (Fsp3) is 0.857. The molecule has 3 heteroatoms. The number of rotatable bonds is 1. The number of nitrogens with zero attached hydrogens (tertiary/aromatic N) is 2. The van der Waals surface area contributed by atoms with Crippen LogP contribution >= 0.6 is 0 Å². The lowest BCUT2D eigenvalue weighted by Gasteiger charge is -2.35. The minimum absolute atomic E-state index is 0.385. The molecule has 1 unspecified atom stereocenters. The van der Waals surface area contributed by atoms with Crippen molar-refractivity contribution in [2.75, 3.05) is 26.7 Å². The Balaban J connectivity index is 2.43. The molecule has 0 aromatic rings. The maximum absolute atomic E-state index is 10.4. The number of amides is 1. The standard InChI is InChI=1S/C7H14N2O/c1-7-5-8(2)3-4-9(7)6-10/h6-7H,3-5H2,1-2H3. The zero-order valence-corrected chi connectivity index (χ0v) is 6.58. The van der Waals surface area contributed by atoms with Crippen LogP contribution in [0.4, 0.5) is 0 Å². The van der Waals surface area contributed by atoms with Crippen molar-refractivity contribution in [3.05, 3.63) is 0 Å². The van der Waals surface area contributed by atoms with Gasteiger partial charge >= 0.3 is 0 Å². The third kappa shape index (κ3) is 1.48. The topological polar surface area (TPSA) is 23.6 Å². The van der Waals surface area contributed by atoms with Crippen molar-refractivity contribution in [2.45, 2.75) is 13.0 Å². The van der Waals surface area contributed by atoms with Crippen molar-refractivity contribution < 1.29 is 4.79 Å². The van der Waals surface area contributed by atoms with Crippen LogP contribution in [-0.2, 0) is 4.79 Å². The minimum atomic E-state index is 0.385. The number of carbonyl (C=O) groups excluding carboxylic acids is 1. The molecule has 0 N–H and O–H groups in total. The van der Waals surface area contributed by atoms with Gasteiger partial charge in [-0.15, -0.1) is 0 Å². The van der Waals surface area contributed by atoms with Gasteiger partial charge in [-0.2, -0.15) is 0 Å². The molecule has 1 aliphatic heterocycles. The van der Waals surface area contributed by atoms with Crippen molar-refractivity contribution in [3.8, 4) is 0 Å². The van der Waals surface area contributed by atoms with Gasteiger partial charge in [-0.3, -0.25) is 4.79 Å². The van der Waals surface area contributed by atoms with Crippen molar-refractivity contribution in [3.63, 3.8) is 0 Å². The molecule has 0 saturated carbocycles. The van der Waals surface area contributed by atoms with E-state index >= 15 is 0 Å². The summed E-state index contributed by atoms with van der Waals surface area (Å²) in [6.45, 7) is 4.95. The lowest BCUT2D eigenvalue weighted by Crippen LogP contribution is -2.49. The predicted octanol–water partition coefficient (Wildman–Crippen LogP) is -0.221. The molecule has 0 spiro atoms. The molecule has 0 radical (unpaired) electrons. The zero-order chi connectivity index (χ0) is 7.56. The lowest BCUT2D eigenvalue weighted by molar-refractivity contribution is -0.121. The molecule has 1 aliphatic rings. The van der Waals surface area contributed by atoms with Gasteiger partial charge in [0.2, 0.25) is 6.41 Å². The first kappa shape index (κ1) is 7.54. The van der Waals surface area contributed by atoms with Crippen molar-refractivity contribution in [2.24, 2.45) is 0 Å². The number of hydrogen-bond donors (Lipinski definition) is 0. The van der Waals surface area contributed by atoms with Crippen LogP contribution in [0.15, 0.2) is 0 Å². The summed E-state index contributed by atoms with van der Waals surface area (Å²) in [4.78, 5) is 14.5. The molecular formula is C7H14N2O. The van der Waals surface area contributed by atoms with Crippen molar-refractivity contribution in [1.82, 2.24) is 9.80 Å². The van der Waals surface area contributed by atoms with E-state index in [1.807, 2.05) is 4.90 Å². The minimum Gasteiger partial charge on any atom is -0.340 e. The van der Waals surface area contributed by atoms with Gasteiger partial charge in [-0.25, -0.2) is 0 Å². The summed E-state index contributed by atoms with van der Waals surface area (Å²) in [5.41, 5.74) is 0. The first-order chi connectivity index (χ1) is 4.74. The van der Waals surface area contributed by atoms with E-state index in [1.54, 1.807) is 0 Å². The summed E-state index contributed by atoms with van der Waals surface area (Å²) in [5, 5.41) is 0. The first-order valence-electron chi connectivity index (χ1n) is 3.63. The first-order valence-corrected chi connectivity index (χ1v) is 3.63. The molecule has 58 valence electrons. The molecule has 0 aliphatic carbocycles. The highest BCUT2D eigenvalue weighted by Gasteiger charge is 2.18. The number of piperazine rings is 1. The summed E-state index contributed by atoms with van der Waals surface area (Å²) in [6.07, 6.45) is 0.942. The quantitative estimate of drug-likeness (QED) is 0.472. The van der Waals surface area contributed by atoms with Crippen LogP contribution in [-0.4, -0.2) is 48.9 Å². The van der Waals surface area contributed by atoms with E-state index in [-0.39, 0.29) is 0 Å². The predicted molar refractivity (Wildman–Crippen MR) is 39.7 cm³/mol. The second-order valence-corrected chi connectivity index (χ2v) is 2.95. The average Bonchev–Trinajstić information content (AvgIpc) is 1.88. The SMILES string of the molecule is CC1CN(C)CCN1C=O. The maximum atomic E-state index is 10.4. The number of hydrogen-bond acceptors (Lipinski definition) is 2.